The highest BCUT2D eigenvalue weighted by molar-refractivity contribution is 6.04. The van der Waals surface area contributed by atoms with E-state index in [9.17, 15) is 14.0 Å². The van der Waals surface area contributed by atoms with E-state index in [-0.39, 0.29) is 30.1 Å². The SMILES string of the molecule is COc1ccc(F)cc1C[NH+]1CC[NH+]([C@@H]2CC(=O)N(Cc3ccccc3)C2=O)CC1. The molecule has 158 valence electrons. The summed E-state index contributed by atoms with van der Waals surface area (Å²) in [6.07, 6.45) is 0.286. The molecule has 0 aromatic heterocycles. The van der Waals surface area contributed by atoms with Crippen LogP contribution in [0.2, 0.25) is 0 Å². The minimum atomic E-state index is -0.286. The van der Waals surface area contributed by atoms with Gasteiger partial charge in [-0.05, 0) is 23.8 Å². The molecule has 2 N–H and O–H groups in total. The van der Waals surface area contributed by atoms with E-state index >= 15 is 0 Å². The average molecular weight is 413 g/mol. The molecule has 7 heteroatoms. The van der Waals surface area contributed by atoms with Crippen LogP contribution in [0, 0.1) is 5.82 Å². The zero-order valence-corrected chi connectivity index (χ0v) is 17.2. The fraction of sp³-hybridized carbons (Fsp3) is 0.391. The predicted octanol–water partition coefficient (Wildman–Crippen LogP) is -0.555. The molecule has 2 amide bonds. The predicted molar refractivity (Wildman–Crippen MR) is 108 cm³/mol. The van der Waals surface area contributed by atoms with Gasteiger partial charge in [0, 0.05) is 0 Å². The van der Waals surface area contributed by atoms with Crippen molar-refractivity contribution in [2.45, 2.75) is 25.6 Å². The molecule has 30 heavy (non-hydrogen) atoms. The number of carbonyl (C=O) groups excluding carboxylic acids is 2. The second kappa shape index (κ2) is 8.93. The number of likely N-dealkylation sites (tertiary alicyclic amines) is 1. The van der Waals surface area contributed by atoms with Crippen LogP contribution >= 0.6 is 0 Å². The third kappa shape index (κ3) is 4.37. The zero-order chi connectivity index (χ0) is 21.1. The summed E-state index contributed by atoms with van der Waals surface area (Å²) in [7, 11) is 1.60. The third-order valence-corrected chi connectivity index (χ3v) is 6.20. The first-order valence-corrected chi connectivity index (χ1v) is 10.4. The van der Waals surface area contributed by atoms with Crippen molar-refractivity contribution in [2.24, 2.45) is 0 Å². The third-order valence-electron chi connectivity index (χ3n) is 6.20. The summed E-state index contributed by atoms with van der Waals surface area (Å²) in [5, 5.41) is 0. The molecular formula is C23H28FN3O3+2. The van der Waals surface area contributed by atoms with Crippen LogP contribution in [-0.2, 0) is 22.7 Å². The normalized spacial score (nSPS) is 24.3. The van der Waals surface area contributed by atoms with Gasteiger partial charge in [0.15, 0.2) is 6.04 Å². The molecule has 4 rings (SSSR count). The van der Waals surface area contributed by atoms with Crippen LogP contribution in [0.15, 0.2) is 48.5 Å². The number of carbonyl (C=O) groups is 2. The Morgan fingerprint density at radius 1 is 1.07 bits per heavy atom. The highest BCUT2D eigenvalue weighted by atomic mass is 19.1. The molecule has 2 aliphatic rings. The van der Waals surface area contributed by atoms with Crippen molar-refractivity contribution < 1.29 is 28.5 Å². The Morgan fingerprint density at radius 2 is 1.80 bits per heavy atom. The fourth-order valence-electron chi connectivity index (χ4n) is 4.54. The number of benzene rings is 2. The lowest BCUT2D eigenvalue weighted by atomic mass is 10.1. The molecule has 6 nitrogen and oxygen atoms in total. The summed E-state index contributed by atoms with van der Waals surface area (Å²) in [6, 6.07) is 13.9. The van der Waals surface area contributed by atoms with Gasteiger partial charge in [0.25, 0.3) is 5.91 Å². The van der Waals surface area contributed by atoms with E-state index in [0.29, 0.717) is 18.8 Å². The second-order valence-electron chi connectivity index (χ2n) is 8.10. The first-order chi connectivity index (χ1) is 14.5. The Kier molecular flexibility index (Phi) is 6.11. The van der Waals surface area contributed by atoms with Gasteiger partial charge in [-0.15, -0.1) is 0 Å². The maximum atomic E-state index is 13.6. The number of hydrogen-bond donors (Lipinski definition) is 2. The Labute approximate surface area is 175 Å². The minimum Gasteiger partial charge on any atom is -0.496 e. The number of halogens is 1. The maximum Gasteiger partial charge on any atom is 0.288 e. The van der Waals surface area contributed by atoms with Gasteiger partial charge in [0.2, 0.25) is 5.91 Å². The standard InChI is InChI=1S/C23H26FN3O3/c1-30-21-8-7-19(24)13-18(21)16-25-9-11-26(12-10-25)20-14-22(28)27(23(20)29)15-17-5-3-2-4-6-17/h2-8,13,20H,9-12,14-16H2,1H3/p+2/t20-/m1/s1. The number of amides is 2. The molecule has 0 unspecified atom stereocenters. The molecule has 0 radical (unpaired) electrons. The van der Waals surface area contributed by atoms with Crippen molar-refractivity contribution in [3.63, 3.8) is 0 Å². The Morgan fingerprint density at radius 3 is 2.50 bits per heavy atom. The van der Waals surface area contributed by atoms with Crippen LogP contribution in [0.5, 0.6) is 5.75 Å². The maximum absolute atomic E-state index is 13.6. The average Bonchev–Trinajstić information content (AvgIpc) is 3.03. The molecule has 2 heterocycles. The quantitative estimate of drug-likeness (QED) is 0.625. The molecule has 0 spiro atoms. The van der Waals surface area contributed by atoms with Crippen LogP contribution in [-0.4, -0.2) is 56.0 Å². The molecule has 2 saturated heterocycles. The summed E-state index contributed by atoms with van der Waals surface area (Å²) in [6.45, 7) is 4.40. The minimum absolute atomic E-state index is 0.0610. The molecule has 1 atom stereocenters. The first kappa shape index (κ1) is 20.5. The Bertz CT molecular complexity index is 913. The van der Waals surface area contributed by atoms with E-state index in [1.165, 1.54) is 26.8 Å². The van der Waals surface area contributed by atoms with Crippen LogP contribution in [0.1, 0.15) is 17.5 Å². The van der Waals surface area contributed by atoms with E-state index in [1.807, 2.05) is 30.3 Å². The number of piperazine rings is 1. The van der Waals surface area contributed by atoms with Crippen molar-refractivity contribution in [3.8, 4) is 5.75 Å². The van der Waals surface area contributed by atoms with Crippen molar-refractivity contribution in [1.29, 1.82) is 0 Å². The molecule has 0 saturated carbocycles. The Hall–Kier alpha value is -2.77. The lowest BCUT2D eigenvalue weighted by Gasteiger charge is -2.32. The van der Waals surface area contributed by atoms with Gasteiger partial charge in [-0.1, -0.05) is 30.3 Å². The number of methoxy groups -OCH3 is 1. The number of hydrogen-bond acceptors (Lipinski definition) is 3. The smallest absolute Gasteiger partial charge is 0.288 e. The monoisotopic (exact) mass is 413 g/mol. The summed E-state index contributed by atoms with van der Waals surface area (Å²) >= 11 is 0. The fourth-order valence-corrected chi connectivity index (χ4v) is 4.54. The lowest BCUT2D eigenvalue weighted by Crippen LogP contribution is -3.29. The number of rotatable bonds is 6. The number of nitrogens with one attached hydrogen (secondary N) is 2. The van der Waals surface area contributed by atoms with E-state index in [2.05, 4.69) is 0 Å². The van der Waals surface area contributed by atoms with Crippen molar-refractivity contribution in [1.82, 2.24) is 4.90 Å². The van der Waals surface area contributed by atoms with Crippen LogP contribution in [0.25, 0.3) is 0 Å². The molecule has 2 aliphatic heterocycles. The van der Waals surface area contributed by atoms with E-state index in [0.717, 1.165) is 37.3 Å². The highest BCUT2D eigenvalue weighted by Crippen LogP contribution is 2.18. The van der Waals surface area contributed by atoms with E-state index in [1.54, 1.807) is 13.2 Å². The van der Waals surface area contributed by atoms with Gasteiger partial charge >= 0.3 is 0 Å². The van der Waals surface area contributed by atoms with E-state index in [4.69, 9.17) is 4.74 Å². The number of imide groups is 1. The summed E-state index contributed by atoms with van der Waals surface area (Å²) in [4.78, 5) is 29.3. The van der Waals surface area contributed by atoms with Crippen LogP contribution in [0.4, 0.5) is 4.39 Å². The van der Waals surface area contributed by atoms with Gasteiger partial charge in [0.05, 0.1) is 25.6 Å². The van der Waals surface area contributed by atoms with Crippen molar-refractivity contribution in [2.75, 3.05) is 33.3 Å². The van der Waals surface area contributed by atoms with Crippen molar-refractivity contribution >= 4 is 11.8 Å². The molecular weight excluding hydrogens is 385 g/mol. The van der Waals surface area contributed by atoms with Gasteiger partial charge in [-0.2, -0.15) is 0 Å². The van der Waals surface area contributed by atoms with Crippen LogP contribution in [0.3, 0.4) is 0 Å². The molecule has 2 aromatic carbocycles. The number of quaternary nitrogens is 2. The van der Waals surface area contributed by atoms with Crippen LogP contribution < -0.4 is 14.5 Å². The number of nitrogens with zero attached hydrogens (tertiary/aromatic N) is 1. The van der Waals surface area contributed by atoms with Gasteiger partial charge in [-0.25, -0.2) is 4.39 Å². The largest absolute Gasteiger partial charge is 0.496 e. The summed E-state index contributed by atoms with van der Waals surface area (Å²) in [5.41, 5.74) is 1.82. The van der Waals surface area contributed by atoms with Gasteiger partial charge < -0.3 is 14.5 Å². The summed E-state index contributed by atoms with van der Waals surface area (Å²) < 4.78 is 19.0. The highest BCUT2D eigenvalue weighted by Gasteiger charge is 2.46. The Balaban J connectivity index is 1.35. The summed E-state index contributed by atoms with van der Waals surface area (Å²) in [5.74, 6) is 0.296. The molecule has 2 aromatic rings. The van der Waals surface area contributed by atoms with Gasteiger partial charge in [0.1, 0.15) is 44.3 Å². The number of ether oxygens (including phenoxy) is 1. The lowest BCUT2D eigenvalue weighted by molar-refractivity contribution is -1.02. The zero-order valence-electron chi connectivity index (χ0n) is 17.2. The molecule has 2 fully saturated rings. The van der Waals surface area contributed by atoms with E-state index < -0.39 is 0 Å². The topological polar surface area (TPSA) is 55.5 Å². The van der Waals surface area contributed by atoms with Crippen molar-refractivity contribution in [3.05, 3.63) is 65.5 Å². The molecule has 0 bridgehead atoms. The first-order valence-electron chi connectivity index (χ1n) is 10.4. The second-order valence-corrected chi connectivity index (χ2v) is 8.10. The molecule has 0 aliphatic carbocycles. The van der Waals surface area contributed by atoms with Gasteiger partial charge in [-0.3, -0.25) is 14.5 Å².